The second-order valence-corrected chi connectivity index (χ2v) is 7.18. The number of rotatable bonds is 3. The van der Waals surface area contributed by atoms with Gasteiger partial charge in [-0.1, -0.05) is 0 Å². The van der Waals surface area contributed by atoms with Crippen LogP contribution in [0.25, 0.3) is 0 Å². The molecule has 1 saturated carbocycles. The number of carbonyl (C=O) groups is 2. The third-order valence-electron chi connectivity index (χ3n) is 5.61. The SMILES string of the molecule is COC(=O)[C@H]1CC[C@@H](NC(=O)N2CCC[C@@H](C3(C)OCCO3)C2)C1. The lowest BCUT2D eigenvalue weighted by Crippen LogP contribution is -2.52. The Morgan fingerprint density at radius 2 is 1.96 bits per heavy atom. The van der Waals surface area contributed by atoms with Crippen LogP contribution in [0.5, 0.6) is 0 Å². The quantitative estimate of drug-likeness (QED) is 0.788. The highest BCUT2D eigenvalue weighted by molar-refractivity contribution is 5.76. The number of likely N-dealkylation sites (tertiary alicyclic amines) is 1. The highest BCUT2D eigenvalue weighted by Gasteiger charge is 2.43. The monoisotopic (exact) mass is 340 g/mol. The summed E-state index contributed by atoms with van der Waals surface area (Å²) in [5, 5.41) is 3.08. The van der Waals surface area contributed by atoms with Gasteiger partial charge in [-0.15, -0.1) is 0 Å². The second kappa shape index (κ2) is 7.27. The van der Waals surface area contributed by atoms with Crippen LogP contribution >= 0.6 is 0 Å². The molecule has 0 radical (unpaired) electrons. The minimum atomic E-state index is -0.567. The molecule has 2 saturated heterocycles. The van der Waals surface area contributed by atoms with Crippen LogP contribution in [-0.4, -0.2) is 62.1 Å². The molecule has 0 aromatic heterocycles. The maximum absolute atomic E-state index is 12.6. The summed E-state index contributed by atoms with van der Waals surface area (Å²) in [7, 11) is 1.41. The summed E-state index contributed by atoms with van der Waals surface area (Å²) < 4.78 is 16.3. The average molecular weight is 340 g/mol. The second-order valence-electron chi connectivity index (χ2n) is 7.18. The number of urea groups is 1. The summed E-state index contributed by atoms with van der Waals surface area (Å²) in [4.78, 5) is 26.0. The number of hydrogen-bond acceptors (Lipinski definition) is 5. The number of nitrogens with one attached hydrogen (secondary N) is 1. The van der Waals surface area contributed by atoms with E-state index in [4.69, 9.17) is 14.2 Å². The summed E-state index contributed by atoms with van der Waals surface area (Å²) in [6.07, 6.45) is 4.23. The fourth-order valence-electron chi connectivity index (χ4n) is 4.11. The van der Waals surface area contributed by atoms with Crippen molar-refractivity contribution in [3.8, 4) is 0 Å². The number of amides is 2. The van der Waals surface area contributed by atoms with Crippen molar-refractivity contribution in [2.24, 2.45) is 11.8 Å². The first kappa shape index (κ1) is 17.5. The van der Waals surface area contributed by atoms with Gasteiger partial charge in [0.25, 0.3) is 0 Å². The minimum absolute atomic E-state index is 0.0446. The molecule has 7 nitrogen and oxygen atoms in total. The lowest BCUT2D eigenvalue weighted by Gasteiger charge is -2.40. The van der Waals surface area contributed by atoms with Crippen LogP contribution in [0.1, 0.15) is 39.0 Å². The smallest absolute Gasteiger partial charge is 0.317 e. The standard InChI is InChI=1S/C17H28N2O5/c1-17(23-8-9-24-17)13-4-3-7-19(11-13)16(21)18-14-6-5-12(10-14)15(20)22-2/h12-14H,3-11H2,1-2H3,(H,18,21)/t12-,13+,14+/m0/s1. The highest BCUT2D eigenvalue weighted by Crippen LogP contribution is 2.34. The molecule has 1 N–H and O–H groups in total. The van der Waals surface area contributed by atoms with Gasteiger partial charge >= 0.3 is 12.0 Å². The zero-order chi connectivity index (χ0) is 17.2. The summed E-state index contributed by atoms with van der Waals surface area (Å²) in [5.74, 6) is -0.629. The maximum atomic E-state index is 12.6. The third kappa shape index (κ3) is 3.67. The molecule has 3 fully saturated rings. The van der Waals surface area contributed by atoms with Crippen LogP contribution in [0.4, 0.5) is 4.79 Å². The first-order valence-corrected chi connectivity index (χ1v) is 8.93. The maximum Gasteiger partial charge on any atom is 0.317 e. The Kier molecular flexibility index (Phi) is 5.30. The van der Waals surface area contributed by atoms with Crippen molar-refractivity contribution in [3.63, 3.8) is 0 Å². The van der Waals surface area contributed by atoms with E-state index in [1.807, 2.05) is 11.8 Å². The van der Waals surface area contributed by atoms with Gasteiger partial charge in [0.1, 0.15) is 0 Å². The van der Waals surface area contributed by atoms with Crippen molar-refractivity contribution in [1.29, 1.82) is 0 Å². The molecule has 0 spiro atoms. The number of hydrogen-bond donors (Lipinski definition) is 1. The Hall–Kier alpha value is -1.34. The molecule has 7 heteroatoms. The van der Waals surface area contributed by atoms with Crippen molar-refractivity contribution in [2.45, 2.75) is 50.9 Å². The van der Waals surface area contributed by atoms with E-state index < -0.39 is 5.79 Å². The van der Waals surface area contributed by atoms with Gasteiger partial charge in [0.2, 0.25) is 0 Å². The number of ether oxygens (including phenoxy) is 3. The predicted octanol–water partition coefficient (Wildman–Crippen LogP) is 1.51. The summed E-state index contributed by atoms with van der Waals surface area (Å²) >= 11 is 0. The normalized spacial score (nSPS) is 32.6. The van der Waals surface area contributed by atoms with Gasteiger partial charge in [-0.3, -0.25) is 4.79 Å². The van der Waals surface area contributed by atoms with Crippen LogP contribution in [0.3, 0.4) is 0 Å². The average Bonchev–Trinajstić information content (AvgIpc) is 3.24. The van der Waals surface area contributed by atoms with E-state index in [-0.39, 0.29) is 29.9 Å². The van der Waals surface area contributed by atoms with Gasteiger partial charge in [0, 0.05) is 25.0 Å². The Morgan fingerprint density at radius 3 is 2.67 bits per heavy atom. The first-order valence-electron chi connectivity index (χ1n) is 8.93. The van der Waals surface area contributed by atoms with Crippen LogP contribution in [0, 0.1) is 11.8 Å². The molecule has 3 aliphatic rings. The highest BCUT2D eigenvalue weighted by atomic mass is 16.7. The zero-order valence-corrected chi connectivity index (χ0v) is 14.6. The van der Waals surface area contributed by atoms with E-state index in [9.17, 15) is 9.59 Å². The van der Waals surface area contributed by atoms with Gasteiger partial charge in [-0.25, -0.2) is 4.79 Å². The molecule has 2 heterocycles. The van der Waals surface area contributed by atoms with E-state index in [1.165, 1.54) is 7.11 Å². The van der Waals surface area contributed by atoms with Crippen LogP contribution in [0.15, 0.2) is 0 Å². The van der Waals surface area contributed by atoms with Gasteiger partial charge in [-0.2, -0.15) is 0 Å². The molecule has 1 aliphatic carbocycles. The number of esters is 1. The van der Waals surface area contributed by atoms with E-state index in [0.717, 1.165) is 32.2 Å². The van der Waals surface area contributed by atoms with E-state index in [1.54, 1.807) is 0 Å². The van der Waals surface area contributed by atoms with Crippen LogP contribution < -0.4 is 5.32 Å². The van der Waals surface area contributed by atoms with Crippen molar-refractivity contribution in [2.75, 3.05) is 33.4 Å². The van der Waals surface area contributed by atoms with Crippen molar-refractivity contribution in [3.05, 3.63) is 0 Å². The molecule has 2 amide bonds. The number of piperidine rings is 1. The van der Waals surface area contributed by atoms with Crippen molar-refractivity contribution < 1.29 is 23.8 Å². The summed E-state index contributed by atoms with van der Waals surface area (Å²) in [6.45, 7) is 4.62. The van der Waals surface area contributed by atoms with Gasteiger partial charge in [0.15, 0.2) is 5.79 Å². The molecule has 0 aromatic carbocycles. The van der Waals surface area contributed by atoms with Gasteiger partial charge in [-0.05, 0) is 39.0 Å². The van der Waals surface area contributed by atoms with Crippen molar-refractivity contribution >= 4 is 12.0 Å². The Bertz CT molecular complexity index is 478. The first-order chi connectivity index (χ1) is 11.5. The lowest BCUT2D eigenvalue weighted by molar-refractivity contribution is -0.189. The molecule has 2 aliphatic heterocycles. The van der Waals surface area contributed by atoms with E-state index >= 15 is 0 Å². The summed E-state index contributed by atoms with van der Waals surface area (Å²) in [5.41, 5.74) is 0. The topological polar surface area (TPSA) is 77.1 Å². The Morgan fingerprint density at radius 1 is 1.21 bits per heavy atom. The fraction of sp³-hybridized carbons (Fsp3) is 0.882. The lowest BCUT2D eigenvalue weighted by atomic mass is 9.90. The largest absolute Gasteiger partial charge is 0.469 e. The molecular formula is C17H28N2O5. The molecule has 136 valence electrons. The summed E-state index contributed by atoms with van der Waals surface area (Å²) in [6, 6.07) is 0.00774. The van der Waals surface area contributed by atoms with E-state index in [2.05, 4.69) is 5.32 Å². The number of nitrogens with zero attached hydrogens (tertiary/aromatic N) is 1. The van der Waals surface area contributed by atoms with Crippen LogP contribution in [-0.2, 0) is 19.0 Å². The van der Waals surface area contributed by atoms with Gasteiger partial charge < -0.3 is 24.4 Å². The molecule has 24 heavy (non-hydrogen) atoms. The molecule has 0 aromatic rings. The number of methoxy groups -OCH3 is 1. The van der Waals surface area contributed by atoms with Gasteiger partial charge in [0.05, 0.1) is 26.2 Å². The molecule has 3 rings (SSSR count). The zero-order valence-electron chi connectivity index (χ0n) is 14.6. The molecular weight excluding hydrogens is 312 g/mol. The molecule has 3 atom stereocenters. The van der Waals surface area contributed by atoms with E-state index in [0.29, 0.717) is 26.2 Å². The predicted molar refractivity (Wildman–Crippen MR) is 86.3 cm³/mol. The molecule has 0 unspecified atom stereocenters. The molecule has 0 bridgehead atoms. The number of carbonyl (C=O) groups excluding carboxylic acids is 2. The van der Waals surface area contributed by atoms with Crippen molar-refractivity contribution in [1.82, 2.24) is 10.2 Å². The third-order valence-corrected chi connectivity index (χ3v) is 5.61. The minimum Gasteiger partial charge on any atom is -0.469 e. The Balaban J connectivity index is 1.51. The van der Waals surface area contributed by atoms with Crippen LogP contribution in [0.2, 0.25) is 0 Å². The Labute approximate surface area is 143 Å². The fourth-order valence-corrected chi connectivity index (χ4v) is 4.11.